The number of halogens is 2. The summed E-state index contributed by atoms with van der Waals surface area (Å²) in [6.07, 6.45) is 1.53. The number of nitrogens with one attached hydrogen (secondary N) is 1. The molecule has 0 bridgehead atoms. The molecule has 1 aromatic carbocycles. The lowest BCUT2D eigenvalue weighted by Gasteiger charge is -2.29. The molecule has 3 atom stereocenters. The van der Waals surface area contributed by atoms with E-state index in [0.29, 0.717) is 27.2 Å². The molecular weight excluding hydrogens is 377 g/mol. The SMILES string of the molecule is CC(C)(C)OC(=O)N1C(c2nc3c(F)cc(Br)cc3[nH]2)CC2CC21. The van der Waals surface area contributed by atoms with E-state index in [1.807, 2.05) is 20.8 Å². The van der Waals surface area contributed by atoms with Crippen molar-refractivity contribution in [1.82, 2.24) is 14.9 Å². The Morgan fingerprint density at radius 3 is 2.88 bits per heavy atom. The second-order valence-corrected chi connectivity index (χ2v) is 8.52. The van der Waals surface area contributed by atoms with Crippen LogP contribution in [0.3, 0.4) is 0 Å². The summed E-state index contributed by atoms with van der Waals surface area (Å²) in [6, 6.07) is 3.22. The summed E-state index contributed by atoms with van der Waals surface area (Å²) >= 11 is 3.29. The molecule has 1 amide bonds. The maximum absolute atomic E-state index is 14.1. The fourth-order valence-electron chi connectivity index (χ4n) is 3.50. The second-order valence-electron chi connectivity index (χ2n) is 7.61. The minimum atomic E-state index is -0.542. The molecule has 4 rings (SSSR count). The summed E-state index contributed by atoms with van der Waals surface area (Å²) in [5, 5.41) is 0. The number of benzene rings is 1. The van der Waals surface area contributed by atoms with Gasteiger partial charge in [0.05, 0.1) is 11.6 Å². The van der Waals surface area contributed by atoms with E-state index in [9.17, 15) is 9.18 Å². The summed E-state index contributed by atoms with van der Waals surface area (Å²) in [4.78, 5) is 22.0. The number of ether oxygens (including phenoxy) is 1. The number of hydrogen-bond acceptors (Lipinski definition) is 3. The second kappa shape index (κ2) is 5.18. The van der Waals surface area contributed by atoms with Gasteiger partial charge in [-0.3, -0.25) is 4.90 Å². The van der Waals surface area contributed by atoms with Gasteiger partial charge in [-0.1, -0.05) is 15.9 Å². The van der Waals surface area contributed by atoms with Crippen LogP contribution in [0.5, 0.6) is 0 Å². The van der Waals surface area contributed by atoms with Crippen molar-refractivity contribution in [2.45, 2.75) is 51.3 Å². The van der Waals surface area contributed by atoms with Gasteiger partial charge in [0.2, 0.25) is 0 Å². The van der Waals surface area contributed by atoms with Gasteiger partial charge >= 0.3 is 6.09 Å². The molecule has 0 radical (unpaired) electrons. The van der Waals surface area contributed by atoms with Crippen LogP contribution in [0.15, 0.2) is 16.6 Å². The van der Waals surface area contributed by atoms with Crippen LogP contribution >= 0.6 is 15.9 Å². The molecule has 128 valence electrons. The van der Waals surface area contributed by atoms with Crippen molar-refractivity contribution in [3.05, 3.63) is 28.2 Å². The number of likely N-dealkylation sites (tertiary alicyclic amines) is 1. The highest BCUT2D eigenvalue weighted by atomic mass is 79.9. The molecule has 2 fully saturated rings. The molecule has 1 aliphatic carbocycles. The van der Waals surface area contributed by atoms with E-state index in [4.69, 9.17) is 4.74 Å². The van der Waals surface area contributed by atoms with E-state index in [1.54, 1.807) is 11.0 Å². The fraction of sp³-hybridized carbons (Fsp3) is 0.529. The topological polar surface area (TPSA) is 58.2 Å². The third kappa shape index (κ3) is 2.68. The predicted octanol–water partition coefficient (Wildman–Crippen LogP) is 4.53. The van der Waals surface area contributed by atoms with Crippen molar-refractivity contribution in [1.29, 1.82) is 0 Å². The van der Waals surface area contributed by atoms with Gasteiger partial charge in [-0.05, 0) is 51.7 Å². The van der Waals surface area contributed by atoms with Gasteiger partial charge in [0.15, 0.2) is 5.82 Å². The number of imidazole rings is 1. The largest absolute Gasteiger partial charge is 0.444 e. The lowest BCUT2D eigenvalue weighted by atomic mass is 10.1. The number of rotatable bonds is 1. The van der Waals surface area contributed by atoms with E-state index >= 15 is 0 Å². The van der Waals surface area contributed by atoms with Gasteiger partial charge in [0.25, 0.3) is 0 Å². The van der Waals surface area contributed by atoms with E-state index in [-0.39, 0.29) is 24.0 Å². The Hall–Kier alpha value is -1.63. The van der Waals surface area contributed by atoms with Crippen LogP contribution in [-0.4, -0.2) is 32.6 Å². The molecule has 2 aromatic rings. The van der Waals surface area contributed by atoms with Crippen molar-refractivity contribution < 1.29 is 13.9 Å². The zero-order valence-electron chi connectivity index (χ0n) is 13.8. The smallest absolute Gasteiger partial charge is 0.411 e. The van der Waals surface area contributed by atoms with Gasteiger partial charge in [0.1, 0.15) is 16.9 Å². The van der Waals surface area contributed by atoms with Crippen molar-refractivity contribution >= 4 is 33.1 Å². The Morgan fingerprint density at radius 1 is 1.42 bits per heavy atom. The third-order valence-corrected chi connectivity index (χ3v) is 5.01. The van der Waals surface area contributed by atoms with Gasteiger partial charge in [-0.15, -0.1) is 0 Å². The van der Waals surface area contributed by atoms with Crippen molar-refractivity contribution in [3.63, 3.8) is 0 Å². The summed E-state index contributed by atoms with van der Waals surface area (Å²) < 4.78 is 20.3. The first kappa shape index (κ1) is 15.9. The number of amides is 1. The lowest BCUT2D eigenvalue weighted by molar-refractivity contribution is 0.0175. The van der Waals surface area contributed by atoms with Crippen LogP contribution in [0.25, 0.3) is 11.0 Å². The Labute approximate surface area is 147 Å². The third-order valence-electron chi connectivity index (χ3n) is 4.55. The maximum atomic E-state index is 14.1. The molecule has 1 aliphatic heterocycles. The number of H-pyrrole nitrogens is 1. The molecule has 2 aliphatic rings. The molecule has 5 nitrogen and oxygen atoms in total. The van der Waals surface area contributed by atoms with E-state index in [0.717, 1.165) is 12.8 Å². The summed E-state index contributed by atoms with van der Waals surface area (Å²) in [6.45, 7) is 5.57. The van der Waals surface area contributed by atoms with Crippen LogP contribution in [0, 0.1) is 11.7 Å². The number of aromatic amines is 1. The van der Waals surface area contributed by atoms with Gasteiger partial charge < -0.3 is 9.72 Å². The van der Waals surface area contributed by atoms with Crippen molar-refractivity contribution in [3.8, 4) is 0 Å². The zero-order chi connectivity index (χ0) is 17.2. The molecule has 1 saturated carbocycles. The van der Waals surface area contributed by atoms with E-state index < -0.39 is 5.60 Å². The number of carbonyl (C=O) groups excluding carboxylic acids is 1. The van der Waals surface area contributed by atoms with Gasteiger partial charge in [-0.2, -0.15) is 0 Å². The summed E-state index contributed by atoms with van der Waals surface area (Å²) in [5.74, 6) is 0.737. The monoisotopic (exact) mass is 395 g/mol. The predicted molar refractivity (Wildman–Crippen MR) is 91.1 cm³/mol. The molecular formula is C17H19BrFN3O2. The molecule has 0 spiro atoms. The first-order chi connectivity index (χ1) is 11.2. The first-order valence-corrected chi connectivity index (χ1v) is 8.88. The summed E-state index contributed by atoms with van der Waals surface area (Å²) in [7, 11) is 0. The minimum Gasteiger partial charge on any atom is -0.444 e. The van der Waals surface area contributed by atoms with Crippen LogP contribution < -0.4 is 0 Å². The fourth-order valence-corrected chi connectivity index (χ4v) is 3.93. The lowest BCUT2D eigenvalue weighted by Crippen LogP contribution is -2.38. The number of aromatic nitrogens is 2. The van der Waals surface area contributed by atoms with Gasteiger partial charge in [-0.25, -0.2) is 14.2 Å². The quantitative estimate of drug-likeness (QED) is 0.770. The Balaban J connectivity index is 1.68. The number of nitrogens with zero attached hydrogens (tertiary/aromatic N) is 2. The Morgan fingerprint density at radius 2 is 2.17 bits per heavy atom. The summed E-state index contributed by atoms with van der Waals surface area (Å²) in [5.41, 5.74) is 0.388. The highest BCUT2D eigenvalue weighted by Crippen LogP contribution is 2.53. The van der Waals surface area contributed by atoms with Crippen molar-refractivity contribution in [2.24, 2.45) is 5.92 Å². The average molecular weight is 396 g/mol. The molecule has 3 unspecified atom stereocenters. The number of fused-ring (bicyclic) bond motifs is 2. The molecule has 1 aromatic heterocycles. The van der Waals surface area contributed by atoms with Crippen LogP contribution in [0.1, 0.15) is 45.5 Å². The van der Waals surface area contributed by atoms with Gasteiger partial charge in [0, 0.05) is 10.5 Å². The molecule has 1 saturated heterocycles. The Kier molecular flexibility index (Phi) is 3.43. The highest BCUT2D eigenvalue weighted by molar-refractivity contribution is 9.10. The molecule has 1 N–H and O–H groups in total. The van der Waals surface area contributed by atoms with Crippen LogP contribution in [-0.2, 0) is 4.74 Å². The van der Waals surface area contributed by atoms with Crippen LogP contribution in [0.2, 0.25) is 0 Å². The standard InChI is InChI=1S/C17H19BrFN3O2/c1-17(2,3)24-16(23)22-12-4-8(12)5-13(22)15-20-11-7-9(18)6-10(19)14(11)21-15/h6-8,12-13H,4-5H2,1-3H3,(H,20,21). The maximum Gasteiger partial charge on any atom is 0.411 e. The minimum absolute atomic E-state index is 0.186. The normalized spacial score (nSPS) is 25.9. The number of hydrogen-bond donors (Lipinski definition) is 1. The Bertz CT molecular complexity index is 829. The van der Waals surface area contributed by atoms with Crippen LogP contribution in [0.4, 0.5) is 9.18 Å². The molecule has 7 heteroatoms. The number of carbonyl (C=O) groups is 1. The highest BCUT2D eigenvalue weighted by Gasteiger charge is 2.56. The van der Waals surface area contributed by atoms with E-state index in [1.165, 1.54) is 6.07 Å². The number of piperidine rings is 1. The van der Waals surface area contributed by atoms with E-state index in [2.05, 4.69) is 25.9 Å². The zero-order valence-corrected chi connectivity index (χ0v) is 15.4. The molecule has 2 heterocycles. The first-order valence-electron chi connectivity index (χ1n) is 8.09. The average Bonchev–Trinajstić information content (AvgIpc) is 2.92. The van der Waals surface area contributed by atoms with Crippen molar-refractivity contribution in [2.75, 3.05) is 0 Å². The molecule has 24 heavy (non-hydrogen) atoms.